The van der Waals surface area contributed by atoms with E-state index in [1.54, 1.807) is 0 Å². The molecule has 0 bridgehead atoms. The fourth-order valence-corrected chi connectivity index (χ4v) is 2.90. The number of benzene rings is 1. The molecule has 118 valence electrons. The Morgan fingerprint density at radius 2 is 1.86 bits per heavy atom. The first-order valence-corrected chi connectivity index (χ1v) is 7.40. The lowest BCUT2D eigenvalue weighted by Crippen LogP contribution is -2.39. The number of alkyl halides is 3. The number of hydrogen-bond donors (Lipinski definition) is 1. The molecule has 0 radical (unpaired) electrons. The maximum atomic E-state index is 12.6. The third-order valence-corrected chi connectivity index (χ3v) is 4.32. The van der Waals surface area contributed by atoms with E-state index in [1.807, 2.05) is 36.1 Å². The van der Waals surface area contributed by atoms with Gasteiger partial charge in [0.2, 0.25) is 0 Å². The summed E-state index contributed by atoms with van der Waals surface area (Å²) in [6.45, 7) is 3.52. The van der Waals surface area contributed by atoms with Gasteiger partial charge in [-0.15, -0.1) is 0 Å². The molecule has 1 aliphatic heterocycles. The van der Waals surface area contributed by atoms with Gasteiger partial charge in [-0.05, 0) is 50.4 Å². The highest BCUT2D eigenvalue weighted by atomic mass is 19.4. The topological polar surface area (TPSA) is 23.5 Å². The number of aliphatic hydroxyl groups is 1. The van der Waals surface area contributed by atoms with E-state index in [0.717, 1.165) is 11.1 Å². The summed E-state index contributed by atoms with van der Waals surface area (Å²) in [4.78, 5) is 2.02. The highest BCUT2D eigenvalue weighted by Gasteiger charge is 2.40. The lowest BCUT2D eigenvalue weighted by atomic mass is 9.95. The molecule has 1 aromatic carbocycles. The second-order valence-electron chi connectivity index (χ2n) is 5.82. The first kappa shape index (κ1) is 16.3. The molecular formula is C16H22F3NO. The van der Waals surface area contributed by atoms with Crippen LogP contribution in [0.4, 0.5) is 13.2 Å². The Morgan fingerprint density at radius 1 is 1.24 bits per heavy atom. The van der Waals surface area contributed by atoms with Gasteiger partial charge < -0.3 is 10.0 Å². The quantitative estimate of drug-likeness (QED) is 0.917. The molecule has 0 amide bonds. The maximum Gasteiger partial charge on any atom is 0.391 e. The highest BCUT2D eigenvalue weighted by Crippen LogP contribution is 2.34. The van der Waals surface area contributed by atoms with Crippen LogP contribution in [0.25, 0.3) is 0 Å². The van der Waals surface area contributed by atoms with Crippen molar-refractivity contribution in [2.45, 2.75) is 38.5 Å². The Hall–Kier alpha value is -1.07. The summed E-state index contributed by atoms with van der Waals surface area (Å²) in [6, 6.07) is 7.66. The number of likely N-dealkylation sites (tertiary alicyclic amines) is 1. The number of hydrogen-bond acceptors (Lipinski definition) is 2. The molecule has 21 heavy (non-hydrogen) atoms. The summed E-state index contributed by atoms with van der Waals surface area (Å²) in [5.41, 5.74) is 1.95. The third-order valence-electron chi connectivity index (χ3n) is 4.32. The van der Waals surface area contributed by atoms with Crippen LogP contribution in [0.1, 0.15) is 36.5 Å². The Morgan fingerprint density at radius 3 is 2.43 bits per heavy atom. The molecule has 1 unspecified atom stereocenters. The lowest BCUT2D eigenvalue weighted by Gasteiger charge is -2.33. The minimum atomic E-state index is -4.06. The van der Waals surface area contributed by atoms with Gasteiger partial charge in [0, 0.05) is 6.54 Å². The Bertz CT molecular complexity index is 453. The first-order valence-electron chi connectivity index (χ1n) is 7.40. The average molecular weight is 301 g/mol. The maximum absolute atomic E-state index is 12.6. The molecule has 5 heteroatoms. The Kier molecular flexibility index (Phi) is 5.27. The highest BCUT2D eigenvalue weighted by molar-refractivity contribution is 5.27. The minimum Gasteiger partial charge on any atom is -0.388 e. The van der Waals surface area contributed by atoms with Crippen LogP contribution in [0.3, 0.4) is 0 Å². The SMILES string of the molecule is Cc1ccccc1C(O)CCN1CCC(C(F)(F)F)CC1. The van der Waals surface area contributed by atoms with E-state index >= 15 is 0 Å². The predicted molar refractivity (Wildman–Crippen MR) is 76.0 cm³/mol. The van der Waals surface area contributed by atoms with Crippen LogP contribution < -0.4 is 0 Å². The smallest absolute Gasteiger partial charge is 0.388 e. The summed E-state index contributed by atoms with van der Waals surface area (Å²) < 4.78 is 37.8. The molecule has 2 rings (SSSR count). The number of aryl methyl sites for hydroxylation is 1. The van der Waals surface area contributed by atoms with E-state index < -0.39 is 18.2 Å². The van der Waals surface area contributed by atoms with Crippen molar-refractivity contribution in [1.29, 1.82) is 0 Å². The van der Waals surface area contributed by atoms with Gasteiger partial charge in [-0.3, -0.25) is 0 Å². The van der Waals surface area contributed by atoms with Gasteiger partial charge in [0.05, 0.1) is 12.0 Å². The van der Waals surface area contributed by atoms with Crippen LogP contribution in [-0.4, -0.2) is 35.8 Å². The molecule has 1 saturated heterocycles. The molecule has 0 aromatic heterocycles. The zero-order valence-electron chi connectivity index (χ0n) is 12.2. The largest absolute Gasteiger partial charge is 0.391 e. The van der Waals surface area contributed by atoms with Crippen molar-refractivity contribution in [3.05, 3.63) is 35.4 Å². The van der Waals surface area contributed by atoms with Crippen molar-refractivity contribution in [3.8, 4) is 0 Å². The molecule has 1 aromatic rings. The van der Waals surface area contributed by atoms with E-state index in [-0.39, 0.29) is 12.8 Å². The second kappa shape index (κ2) is 6.79. The number of aliphatic hydroxyl groups excluding tert-OH is 1. The lowest BCUT2D eigenvalue weighted by molar-refractivity contribution is -0.185. The minimum absolute atomic E-state index is 0.171. The third kappa shape index (κ3) is 4.45. The zero-order valence-corrected chi connectivity index (χ0v) is 12.2. The van der Waals surface area contributed by atoms with E-state index in [4.69, 9.17) is 0 Å². The van der Waals surface area contributed by atoms with E-state index in [2.05, 4.69) is 0 Å². The summed E-state index contributed by atoms with van der Waals surface area (Å²) in [5, 5.41) is 10.2. The van der Waals surface area contributed by atoms with Crippen LogP contribution >= 0.6 is 0 Å². The summed E-state index contributed by atoms with van der Waals surface area (Å²) >= 11 is 0. The van der Waals surface area contributed by atoms with Gasteiger partial charge in [-0.2, -0.15) is 13.2 Å². The van der Waals surface area contributed by atoms with Gasteiger partial charge >= 0.3 is 6.18 Å². The predicted octanol–water partition coefficient (Wildman–Crippen LogP) is 3.69. The standard InChI is InChI=1S/C16H22F3NO/c1-12-4-2-3-5-14(12)15(21)8-11-20-9-6-13(7-10-20)16(17,18)19/h2-5,13,15,21H,6-11H2,1H3. The summed E-state index contributed by atoms with van der Waals surface area (Å²) in [6.07, 6.45) is -3.71. The van der Waals surface area contributed by atoms with Gasteiger partial charge in [0.1, 0.15) is 0 Å². The summed E-state index contributed by atoms with van der Waals surface area (Å²) in [7, 11) is 0. The average Bonchev–Trinajstić information content (AvgIpc) is 2.45. The van der Waals surface area contributed by atoms with E-state index in [1.165, 1.54) is 0 Å². The van der Waals surface area contributed by atoms with Crippen molar-refractivity contribution < 1.29 is 18.3 Å². The molecule has 1 fully saturated rings. The molecule has 0 aliphatic carbocycles. The molecule has 0 spiro atoms. The number of piperidine rings is 1. The van der Waals surface area contributed by atoms with Crippen LogP contribution in [-0.2, 0) is 0 Å². The molecule has 2 nitrogen and oxygen atoms in total. The van der Waals surface area contributed by atoms with Gasteiger partial charge in [0.25, 0.3) is 0 Å². The number of rotatable bonds is 4. The normalized spacial score (nSPS) is 19.7. The van der Waals surface area contributed by atoms with Crippen molar-refractivity contribution in [2.24, 2.45) is 5.92 Å². The molecule has 1 N–H and O–H groups in total. The van der Waals surface area contributed by atoms with Crippen LogP contribution in [0.5, 0.6) is 0 Å². The molecule has 1 atom stereocenters. The molecule has 0 saturated carbocycles. The van der Waals surface area contributed by atoms with Crippen LogP contribution in [0, 0.1) is 12.8 Å². The first-order chi connectivity index (χ1) is 9.88. The van der Waals surface area contributed by atoms with Gasteiger partial charge in [-0.1, -0.05) is 24.3 Å². The number of halogens is 3. The van der Waals surface area contributed by atoms with Crippen molar-refractivity contribution >= 4 is 0 Å². The molecule has 1 aliphatic rings. The van der Waals surface area contributed by atoms with Crippen LogP contribution in [0.15, 0.2) is 24.3 Å². The van der Waals surface area contributed by atoms with Crippen LogP contribution in [0.2, 0.25) is 0 Å². The van der Waals surface area contributed by atoms with E-state index in [0.29, 0.717) is 26.1 Å². The zero-order chi connectivity index (χ0) is 15.5. The van der Waals surface area contributed by atoms with Crippen molar-refractivity contribution in [2.75, 3.05) is 19.6 Å². The molecular weight excluding hydrogens is 279 g/mol. The molecule has 1 heterocycles. The summed E-state index contributed by atoms with van der Waals surface area (Å²) in [5.74, 6) is -1.16. The van der Waals surface area contributed by atoms with Crippen molar-refractivity contribution in [1.82, 2.24) is 4.90 Å². The van der Waals surface area contributed by atoms with Crippen molar-refractivity contribution in [3.63, 3.8) is 0 Å². The second-order valence-corrected chi connectivity index (χ2v) is 5.82. The Balaban J connectivity index is 1.79. The monoisotopic (exact) mass is 301 g/mol. The van der Waals surface area contributed by atoms with Gasteiger partial charge in [0.15, 0.2) is 0 Å². The van der Waals surface area contributed by atoms with Gasteiger partial charge in [-0.25, -0.2) is 0 Å². The Labute approximate surface area is 123 Å². The fraction of sp³-hybridized carbons (Fsp3) is 0.625. The van der Waals surface area contributed by atoms with E-state index in [9.17, 15) is 18.3 Å². The number of nitrogens with zero attached hydrogens (tertiary/aromatic N) is 1. The fourth-order valence-electron chi connectivity index (χ4n) is 2.90.